The van der Waals surface area contributed by atoms with Gasteiger partial charge in [-0.25, -0.2) is 0 Å². The summed E-state index contributed by atoms with van der Waals surface area (Å²) in [7, 11) is 0. The average Bonchev–Trinajstić information content (AvgIpc) is 1.36. The summed E-state index contributed by atoms with van der Waals surface area (Å²) < 4.78 is 0. The second-order valence-corrected chi connectivity index (χ2v) is 1.29. The molecule has 1 unspecified atom stereocenters. The van der Waals surface area contributed by atoms with Crippen molar-refractivity contribution in [1.82, 2.24) is 0 Å². The zero-order chi connectivity index (χ0) is 5.15. The number of aliphatic hydroxyl groups is 1. The number of Topliss-reactive ketones (excluding diaryl/α,β-unsaturated/α-hetero) is 1. The molecule has 0 bridgehead atoms. The van der Waals surface area contributed by atoms with Crippen molar-refractivity contribution >= 4 is 5.78 Å². The van der Waals surface area contributed by atoms with Crippen LogP contribution in [-0.4, -0.2) is 17.0 Å². The number of carbonyl (C=O) groups is 1. The molecule has 0 aliphatic rings. The molecular weight excluding hydrogens is 128 g/mol. The number of hydrogen-bond donors (Lipinski definition) is 1. The Labute approximate surface area is 57.8 Å². The topological polar surface area (TPSA) is 37.3 Å². The molecule has 0 amide bonds. The molecule has 0 aromatic heterocycles. The van der Waals surface area contributed by atoms with E-state index in [2.05, 4.69) is 0 Å². The number of rotatable bonds is 1. The Balaban J connectivity index is 0. The third kappa shape index (κ3) is 6.34. The third-order valence-electron chi connectivity index (χ3n) is 0.588. The van der Waals surface area contributed by atoms with E-state index in [-0.39, 0.29) is 27.5 Å². The second-order valence-electron chi connectivity index (χ2n) is 1.29. The number of carbonyl (C=O) groups excluding carboxylic acids is 1. The van der Waals surface area contributed by atoms with Crippen LogP contribution >= 0.6 is 0 Å². The maximum atomic E-state index is 9.89. The van der Waals surface area contributed by atoms with Gasteiger partial charge in [-0.15, -0.1) is 0 Å². The summed E-state index contributed by atoms with van der Waals surface area (Å²) in [6.45, 7) is 2.80. The first-order valence-corrected chi connectivity index (χ1v) is 1.83. The van der Waals surface area contributed by atoms with Crippen molar-refractivity contribution in [2.24, 2.45) is 0 Å². The fourth-order valence-electron chi connectivity index (χ4n) is 0. The van der Waals surface area contributed by atoms with E-state index in [1.54, 1.807) is 0 Å². The molecule has 0 fully saturated rings. The van der Waals surface area contributed by atoms with Crippen LogP contribution in [-0.2, 0) is 26.5 Å². The minimum absolute atomic E-state index is 0. The summed E-state index contributed by atoms with van der Waals surface area (Å²) in [5, 5.41) is 8.28. The van der Waals surface area contributed by atoms with Crippen molar-refractivity contribution < 1.29 is 31.6 Å². The Morgan fingerprint density at radius 2 is 1.86 bits per heavy atom. The van der Waals surface area contributed by atoms with Gasteiger partial charge in [-0.1, -0.05) is 0 Å². The zero-order valence-corrected chi connectivity index (χ0v) is 5.99. The average molecular weight is 136 g/mol. The maximum absolute atomic E-state index is 9.89. The minimum atomic E-state index is -0.787. The molecule has 1 N–H and O–H groups in total. The van der Waals surface area contributed by atoms with Gasteiger partial charge in [0.2, 0.25) is 0 Å². The Bertz CT molecular complexity index is 60.7. The first kappa shape index (κ1) is 10.3. The molecule has 0 aliphatic heterocycles. The standard InChI is InChI=1S/C4H8O2.Ti/c1-3(5)4(2)6;/h3,5H,1-2H3;. The molecule has 0 saturated heterocycles. The Morgan fingerprint density at radius 1 is 1.71 bits per heavy atom. The van der Waals surface area contributed by atoms with Gasteiger partial charge in [0.1, 0.15) is 6.10 Å². The van der Waals surface area contributed by atoms with Crippen molar-refractivity contribution in [2.75, 3.05) is 0 Å². The molecule has 0 aliphatic carbocycles. The van der Waals surface area contributed by atoms with Crippen LogP contribution in [0.25, 0.3) is 0 Å². The summed E-state index contributed by atoms with van der Waals surface area (Å²) in [4.78, 5) is 9.89. The molecule has 3 heteroatoms. The van der Waals surface area contributed by atoms with E-state index < -0.39 is 6.10 Å². The van der Waals surface area contributed by atoms with Crippen molar-refractivity contribution in [1.29, 1.82) is 0 Å². The summed E-state index contributed by atoms with van der Waals surface area (Å²) in [6, 6.07) is 0. The normalized spacial score (nSPS) is 11.9. The van der Waals surface area contributed by atoms with Crippen molar-refractivity contribution in [3.63, 3.8) is 0 Å². The molecular formula is C4H8O2Ti. The van der Waals surface area contributed by atoms with Gasteiger partial charge < -0.3 is 5.11 Å². The van der Waals surface area contributed by atoms with Gasteiger partial charge in [-0.2, -0.15) is 0 Å². The summed E-state index contributed by atoms with van der Waals surface area (Å²) >= 11 is 0. The van der Waals surface area contributed by atoms with Crippen LogP contribution in [0.15, 0.2) is 0 Å². The molecule has 0 spiro atoms. The van der Waals surface area contributed by atoms with E-state index >= 15 is 0 Å². The maximum Gasteiger partial charge on any atom is 0.157 e. The third-order valence-corrected chi connectivity index (χ3v) is 0.588. The molecule has 0 rings (SSSR count). The van der Waals surface area contributed by atoms with E-state index in [1.165, 1.54) is 13.8 Å². The number of aliphatic hydroxyl groups excluding tert-OH is 1. The first-order chi connectivity index (χ1) is 2.64. The molecule has 0 heterocycles. The smallest absolute Gasteiger partial charge is 0.157 e. The van der Waals surface area contributed by atoms with E-state index in [9.17, 15) is 4.79 Å². The molecule has 0 radical (unpaired) electrons. The summed E-state index contributed by atoms with van der Waals surface area (Å²) in [5.74, 6) is -0.185. The number of hydrogen-bond acceptors (Lipinski definition) is 2. The Kier molecular flexibility index (Phi) is 6.66. The van der Waals surface area contributed by atoms with Crippen LogP contribution in [0.1, 0.15) is 13.8 Å². The molecule has 1 atom stereocenters. The predicted molar refractivity (Wildman–Crippen MR) is 22.4 cm³/mol. The Morgan fingerprint density at radius 3 is 1.86 bits per heavy atom. The molecule has 2 nitrogen and oxygen atoms in total. The molecule has 0 saturated carbocycles. The number of ketones is 1. The summed E-state index contributed by atoms with van der Waals surface area (Å²) in [6.07, 6.45) is -0.787. The zero-order valence-electron chi connectivity index (χ0n) is 4.43. The van der Waals surface area contributed by atoms with E-state index in [4.69, 9.17) is 5.11 Å². The first-order valence-electron chi connectivity index (χ1n) is 1.83. The van der Waals surface area contributed by atoms with E-state index in [0.717, 1.165) is 0 Å². The van der Waals surface area contributed by atoms with E-state index in [1.807, 2.05) is 0 Å². The largest absolute Gasteiger partial charge is 0.386 e. The van der Waals surface area contributed by atoms with Crippen molar-refractivity contribution in [3.8, 4) is 0 Å². The Hall–Kier alpha value is 0.344. The summed E-state index contributed by atoms with van der Waals surface area (Å²) in [5.41, 5.74) is 0. The van der Waals surface area contributed by atoms with Crippen molar-refractivity contribution in [2.45, 2.75) is 20.0 Å². The van der Waals surface area contributed by atoms with Crippen LogP contribution < -0.4 is 0 Å². The molecule has 0 aromatic rings. The molecule has 0 aromatic carbocycles. The van der Waals surface area contributed by atoms with Gasteiger partial charge in [0.25, 0.3) is 0 Å². The van der Waals surface area contributed by atoms with Crippen LogP contribution in [0.3, 0.4) is 0 Å². The van der Waals surface area contributed by atoms with Crippen molar-refractivity contribution in [3.05, 3.63) is 0 Å². The van der Waals surface area contributed by atoms with E-state index in [0.29, 0.717) is 0 Å². The fraction of sp³-hybridized carbons (Fsp3) is 0.750. The second kappa shape index (κ2) is 4.50. The van der Waals surface area contributed by atoms with Crippen LogP contribution in [0.5, 0.6) is 0 Å². The van der Waals surface area contributed by atoms with Crippen LogP contribution in [0, 0.1) is 0 Å². The van der Waals surface area contributed by atoms with Crippen LogP contribution in [0.4, 0.5) is 0 Å². The van der Waals surface area contributed by atoms with Gasteiger partial charge >= 0.3 is 0 Å². The minimum Gasteiger partial charge on any atom is -0.386 e. The van der Waals surface area contributed by atoms with Gasteiger partial charge in [-0.3, -0.25) is 4.79 Å². The molecule has 7 heavy (non-hydrogen) atoms. The van der Waals surface area contributed by atoms with Gasteiger partial charge in [0.15, 0.2) is 5.78 Å². The monoisotopic (exact) mass is 136 g/mol. The molecule has 40 valence electrons. The SMILES string of the molecule is CC(=O)C(C)O.[Ti]. The van der Waals surface area contributed by atoms with Gasteiger partial charge in [0, 0.05) is 21.7 Å². The quantitative estimate of drug-likeness (QED) is 0.513. The van der Waals surface area contributed by atoms with Gasteiger partial charge in [-0.05, 0) is 13.8 Å². The van der Waals surface area contributed by atoms with Crippen LogP contribution in [0.2, 0.25) is 0 Å². The van der Waals surface area contributed by atoms with Gasteiger partial charge in [0.05, 0.1) is 0 Å². The fourth-order valence-corrected chi connectivity index (χ4v) is 0. The predicted octanol–water partition coefficient (Wildman–Crippen LogP) is -0.0463.